The fourth-order valence-corrected chi connectivity index (χ4v) is 3.01. The molecule has 7 nitrogen and oxygen atoms in total. The van der Waals surface area contributed by atoms with Crippen molar-refractivity contribution >= 4 is 5.91 Å². The summed E-state index contributed by atoms with van der Waals surface area (Å²) in [5.74, 6) is 0.918. The van der Waals surface area contributed by atoms with Crippen LogP contribution in [0.2, 0.25) is 0 Å². The van der Waals surface area contributed by atoms with E-state index in [2.05, 4.69) is 15.3 Å². The van der Waals surface area contributed by atoms with Gasteiger partial charge in [-0.3, -0.25) is 4.79 Å². The van der Waals surface area contributed by atoms with Gasteiger partial charge in [-0.1, -0.05) is 18.2 Å². The van der Waals surface area contributed by atoms with E-state index in [1.165, 1.54) is 13.4 Å². The molecule has 1 amide bonds. The maximum Gasteiger partial charge on any atom is 0.255 e. The maximum absolute atomic E-state index is 12.4. The van der Waals surface area contributed by atoms with Crippen molar-refractivity contribution in [2.45, 2.75) is 6.42 Å². The summed E-state index contributed by atoms with van der Waals surface area (Å²) in [5, 5.41) is 11.6. The predicted octanol–water partition coefficient (Wildman–Crippen LogP) is 2.47. The molecule has 150 valence electrons. The Hall–Kier alpha value is -3.45. The number of carbonyl (C=O) groups excluding carboxylic acids is 1. The van der Waals surface area contributed by atoms with Gasteiger partial charge >= 0.3 is 0 Å². The monoisotopic (exact) mass is 393 g/mol. The number of methoxy groups -OCH3 is 2. The Morgan fingerprint density at radius 2 is 1.83 bits per heavy atom. The smallest absolute Gasteiger partial charge is 0.255 e. The highest BCUT2D eigenvalue weighted by Crippen LogP contribution is 2.28. The van der Waals surface area contributed by atoms with E-state index in [9.17, 15) is 4.79 Å². The van der Waals surface area contributed by atoms with Gasteiger partial charge in [0.05, 0.1) is 32.1 Å². The molecule has 1 aromatic heterocycles. The van der Waals surface area contributed by atoms with Gasteiger partial charge in [0.1, 0.15) is 17.8 Å². The number of nitrogens with zero attached hydrogens (tertiary/aromatic N) is 2. The second kappa shape index (κ2) is 9.66. The summed E-state index contributed by atoms with van der Waals surface area (Å²) in [4.78, 5) is 21.1. The van der Waals surface area contributed by atoms with Crippen LogP contribution in [0.3, 0.4) is 0 Å². The predicted molar refractivity (Wildman–Crippen MR) is 109 cm³/mol. The molecule has 3 rings (SSSR count). The second-order valence-electron chi connectivity index (χ2n) is 6.29. The number of hydrogen-bond acceptors (Lipinski definition) is 6. The Labute approximate surface area is 169 Å². The topological polar surface area (TPSA) is 93.6 Å². The SMILES string of the molecule is COc1ccc(Cc2cc(-c3ccccc3OC)ncn2)cc1C(=O)NCCO. The number of para-hydroxylation sites is 1. The molecule has 0 spiro atoms. The van der Waals surface area contributed by atoms with Crippen molar-refractivity contribution in [1.29, 1.82) is 0 Å². The summed E-state index contributed by atoms with van der Waals surface area (Å²) < 4.78 is 10.7. The summed E-state index contributed by atoms with van der Waals surface area (Å²) in [6, 6.07) is 15.0. The highest BCUT2D eigenvalue weighted by atomic mass is 16.5. The zero-order valence-corrected chi connectivity index (χ0v) is 16.4. The molecule has 0 unspecified atom stereocenters. The van der Waals surface area contributed by atoms with Gasteiger partial charge in [0.15, 0.2) is 0 Å². The first kappa shape index (κ1) is 20.3. The molecular formula is C22H23N3O4. The second-order valence-corrected chi connectivity index (χ2v) is 6.29. The van der Waals surface area contributed by atoms with Gasteiger partial charge in [-0.25, -0.2) is 9.97 Å². The molecule has 0 saturated carbocycles. The van der Waals surface area contributed by atoms with Gasteiger partial charge < -0.3 is 19.9 Å². The molecule has 29 heavy (non-hydrogen) atoms. The number of hydrogen-bond donors (Lipinski definition) is 2. The fourth-order valence-electron chi connectivity index (χ4n) is 3.01. The van der Waals surface area contributed by atoms with Gasteiger partial charge in [-0.15, -0.1) is 0 Å². The number of aliphatic hydroxyl groups excluding tert-OH is 1. The zero-order chi connectivity index (χ0) is 20.6. The van der Waals surface area contributed by atoms with Gasteiger partial charge in [-0.05, 0) is 35.9 Å². The molecule has 0 aliphatic carbocycles. The van der Waals surface area contributed by atoms with Crippen LogP contribution in [0.1, 0.15) is 21.6 Å². The lowest BCUT2D eigenvalue weighted by molar-refractivity contribution is 0.0941. The van der Waals surface area contributed by atoms with E-state index in [1.807, 2.05) is 36.4 Å². The Kier molecular flexibility index (Phi) is 6.76. The van der Waals surface area contributed by atoms with Crippen molar-refractivity contribution in [1.82, 2.24) is 15.3 Å². The lowest BCUT2D eigenvalue weighted by Gasteiger charge is -2.11. The van der Waals surface area contributed by atoms with Crippen molar-refractivity contribution in [3.8, 4) is 22.8 Å². The Morgan fingerprint density at radius 1 is 1.03 bits per heavy atom. The fraction of sp³-hybridized carbons (Fsp3) is 0.227. The van der Waals surface area contributed by atoms with Crippen LogP contribution in [0.5, 0.6) is 11.5 Å². The van der Waals surface area contributed by atoms with Crippen molar-refractivity contribution in [3.05, 3.63) is 71.7 Å². The van der Waals surface area contributed by atoms with Crippen LogP contribution in [-0.2, 0) is 6.42 Å². The van der Waals surface area contributed by atoms with E-state index in [1.54, 1.807) is 19.2 Å². The molecule has 2 aromatic carbocycles. The summed E-state index contributed by atoms with van der Waals surface area (Å²) in [5.41, 5.74) is 3.79. The molecule has 0 aliphatic rings. The minimum Gasteiger partial charge on any atom is -0.496 e. The number of carbonyl (C=O) groups is 1. The highest BCUT2D eigenvalue weighted by Gasteiger charge is 2.14. The van der Waals surface area contributed by atoms with Gasteiger partial charge in [0, 0.05) is 24.2 Å². The van der Waals surface area contributed by atoms with Crippen LogP contribution in [-0.4, -0.2) is 48.4 Å². The van der Waals surface area contributed by atoms with Crippen molar-refractivity contribution in [3.63, 3.8) is 0 Å². The molecular weight excluding hydrogens is 370 g/mol. The van der Waals surface area contributed by atoms with Crippen LogP contribution in [0.4, 0.5) is 0 Å². The molecule has 0 aliphatic heterocycles. The van der Waals surface area contributed by atoms with E-state index in [-0.39, 0.29) is 19.1 Å². The summed E-state index contributed by atoms with van der Waals surface area (Å²) in [6.45, 7) is 0.0564. The van der Waals surface area contributed by atoms with Crippen molar-refractivity contribution < 1.29 is 19.4 Å². The number of benzene rings is 2. The molecule has 0 radical (unpaired) electrons. The largest absolute Gasteiger partial charge is 0.496 e. The minimum atomic E-state index is -0.296. The van der Waals surface area contributed by atoms with E-state index in [0.717, 1.165) is 28.3 Å². The highest BCUT2D eigenvalue weighted by molar-refractivity contribution is 5.97. The normalized spacial score (nSPS) is 10.4. The van der Waals surface area contributed by atoms with E-state index in [0.29, 0.717) is 17.7 Å². The van der Waals surface area contributed by atoms with E-state index < -0.39 is 0 Å². The first-order valence-electron chi connectivity index (χ1n) is 9.16. The molecule has 3 aromatic rings. The third-order valence-corrected chi connectivity index (χ3v) is 4.40. The van der Waals surface area contributed by atoms with Gasteiger partial charge in [0.25, 0.3) is 5.91 Å². The lowest BCUT2D eigenvalue weighted by Crippen LogP contribution is -2.26. The molecule has 0 saturated heterocycles. The quantitative estimate of drug-likeness (QED) is 0.611. The average molecular weight is 393 g/mol. The van der Waals surface area contributed by atoms with E-state index in [4.69, 9.17) is 14.6 Å². The number of amides is 1. The first-order chi connectivity index (χ1) is 14.2. The Bertz CT molecular complexity index is 991. The van der Waals surface area contributed by atoms with Crippen molar-refractivity contribution in [2.24, 2.45) is 0 Å². The zero-order valence-electron chi connectivity index (χ0n) is 16.4. The number of nitrogens with one attached hydrogen (secondary N) is 1. The number of ether oxygens (including phenoxy) is 2. The van der Waals surface area contributed by atoms with Crippen LogP contribution >= 0.6 is 0 Å². The Morgan fingerprint density at radius 3 is 2.59 bits per heavy atom. The van der Waals surface area contributed by atoms with Crippen LogP contribution < -0.4 is 14.8 Å². The average Bonchev–Trinajstić information content (AvgIpc) is 2.77. The number of aliphatic hydroxyl groups is 1. The lowest BCUT2D eigenvalue weighted by atomic mass is 10.0. The molecule has 0 bridgehead atoms. The van der Waals surface area contributed by atoms with Crippen LogP contribution in [0, 0.1) is 0 Å². The van der Waals surface area contributed by atoms with E-state index >= 15 is 0 Å². The molecule has 2 N–H and O–H groups in total. The molecule has 7 heteroatoms. The van der Waals surface area contributed by atoms with Crippen molar-refractivity contribution in [2.75, 3.05) is 27.4 Å². The number of rotatable bonds is 8. The van der Waals surface area contributed by atoms with Crippen LogP contribution in [0.15, 0.2) is 54.9 Å². The minimum absolute atomic E-state index is 0.125. The number of aromatic nitrogens is 2. The summed E-state index contributed by atoms with van der Waals surface area (Å²) >= 11 is 0. The molecule has 1 heterocycles. The third kappa shape index (κ3) is 4.89. The summed E-state index contributed by atoms with van der Waals surface area (Å²) in [7, 11) is 3.14. The Balaban J connectivity index is 1.88. The van der Waals surface area contributed by atoms with Crippen LogP contribution in [0.25, 0.3) is 11.3 Å². The first-order valence-corrected chi connectivity index (χ1v) is 9.16. The standard InChI is InChI=1S/C22H23N3O4/c1-28-20-6-4-3-5-17(20)19-13-16(24-14-25-19)11-15-7-8-21(29-2)18(12-15)22(27)23-9-10-26/h3-8,12-14,26H,9-11H2,1-2H3,(H,23,27). The third-order valence-electron chi connectivity index (χ3n) is 4.40. The molecule has 0 fully saturated rings. The van der Waals surface area contributed by atoms with Gasteiger partial charge in [0.2, 0.25) is 0 Å². The van der Waals surface area contributed by atoms with Gasteiger partial charge in [-0.2, -0.15) is 0 Å². The molecule has 0 atom stereocenters. The summed E-state index contributed by atoms with van der Waals surface area (Å²) in [6.07, 6.45) is 2.05. The maximum atomic E-state index is 12.4.